The normalized spacial score (nSPS) is 10.1. The number of anilines is 1. The first kappa shape index (κ1) is 13.0. The number of rotatable bonds is 3. The van der Waals surface area contributed by atoms with E-state index in [2.05, 4.69) is 0 Å². The van der Waals surface area contributed by atoms with Gasteiger partial charge in [0.1, 0.15) is 5.75 Å². The molecule has 1 N–H and O–H groups in total. The van der Waals surface area contributed by atoms with Crippen LogP contribution in [0.5, 0.6) is 5.75 Å². The van der Waals surface area contributed by atoms with Crippen LogP contribution in [0.15, 0.2) is 24.3 Å². The Morgan fingerprint density at radius 2 is 1.76 bits per heavy atom. The number of amides is 1. The Labute approximate surface area is 99.6 Å². The predicted octanol–water partition coefficient (Wildman–Crippen LogP) is 1.52. The Balaban J connectivity index is 2.80. The van der Waals surface area contributed by atoms with Gasteiger partial charge in [-0.25, -0.2) is 4.79 Å². The smallest absolute Gasteiger partial charge is 0.394 e. The van der Waals surface area contributed by atoms with Crippen molar-refractivity contribution in [2.45, 2.75) is 20.0 Å². The number of ether oxygens (including phenoxy) is 1. The van der Waals surface area contributed by atoms with Crippen molar-refractivity contribution >= 4 is 17.6 Å². The third kappa shape index (κ3) is 3.48. The molecule has 0 radical (unpaired) electrons. The average molecular weight is 237 g/mol. The van der Waals surface area contributed by atoms with Crippen LogP contribution >= 0.6 is 0 Å². The molecule has 1 aromatic rings. The summed E-state index contributed by atoms with van der Waals surface area (Å²) in [6.07, 6.45) is 0.0687. The summed E-state index contributed by atoms with van der Waals surface area (Å²) in [5.74, 6) is -1.77. The summed E-state index contributed by atoms with van der Waals surface area (Å²) in [6, 6.07) is 6.67. The van der Waals surface area contributed by atoms with E-state index in [0.717, 1.165) is 4.90 Å². The second-order valence-electron chi connectivity index (χ2n) is 3.83. The number of carboxylic acids is 1. The van der Waals surface area contributed by atoms with Crippen molar-refractivity contribution in [3.8, 4) is 5.75 Å². The Morgan fingerprint density at radius 3 is 2.18 bits per heavy atom. The topological polar surface area (TPSA) is 66.8 Å². The van der Waals surface area contributed by atoms with Gasteiger partial charge < -0.3 is 14.7 Å². The molecule has 1 amide bonds. The first-order valence-corrected chi connectivity index (χ1v) is 5.19. The van der Waals surface area contributed by atoms with E-state index in [1.807, 2.05) is 13.8 Å². The predicted molar refractivity (Wildman–Crippen MR) is 63.3 cm³/mol. The van der Waals surface area contributed by atoms with Gasteiger partial charge in [0.25, 0.3) is 0 Å². The molecule has 0 fully saturated rings. The van der Waals surface area contributed by atoms with Crippen LogP contribution < -0.4 is 9.64 Å². The summed E-state index contributed by atoms with van der Waals surface area (Å²) in [5.41, 5.74) is 0.508. The maximum absolute atomic E-state index is 11.2. The van der Waals surface area contributed by atoms with Crippen LogP contribution in [-0.4, -0.2) is 30.1 Å². The van der Waals surface area contributed by atoms with Crippen molar-refractivity contribution in [1.82, 2.24) is 0 Å². The first-order chi connectivity index (χ1) is 7.91. The third-order valence-corrected chi connectivity index (χ3v) is 2.08. The van der Waals surface area contributed by atoms with Gasteiger partial charge in [-0.3, -0.25) is 4.79 Å². The zero-order valence-electron chi connectivity index (χ0n) is 10.0. The Bertz CT molecular complexity index is 411. The zero-order valence-corrected chi connectivity index (χ0v) is 10.0. The van der Waals surface area contributed by atoms with Crippen molar-refractivity contribution in [3.05, 3.63) is 24.3 Å². The third-order valence-electron chi connectivity index (χ3n) is 2.08. The number of benzene rings is 1. The SMILES string of the molecule is CC(C)Oc1ccc(N(C)C(=O)C(=O)O)cc1. The molecule has 0 saturated heterocycles. The summed E-state index contributed by atoms with van der Waals surface area (Å²) >= 11 is 0. The van der Waals surface area contributed by atoms with Gasteiger partial charge in [0.15, 0.2) is 0 Å². The molecule has 1 rings (SSSR count). The number of hydrogen-bond acceptors (Lipinski definition) is 3. The molecule has 5 nitrogen and oxygen atoms in total. The first-order valence-electron chi connectivity index (χ1n) is 5.19. The highest BCUT2D eigenvalue weighted by Crippen LogP contribution is 2.19. The van der Waals surface area contributed by atoms with Crippen LogP contribution in [0, 0.1) is 0 Å². The molecule has 0 saturated carbocycles. The van der Waals surface area contributed by atoms with E-state index in [9.17, 15) is 9.59 Å². The molecular weight excluding hydrogens is 222 g/mol. The van der Waals surface area contributed by atoms with E-state index < -0.39 is 11.9 Å². The van der Waals surface area contributed by atoms with Crippen molar-refractivity contribution in [3.63, 3.8) is 0 Å². The maximum atomic E-state index is 11.2. The fraction of sp³-hybridized carbons (Fsp3) is 0.333. The number of carbonyl (C=O) groups excluding carboxylic acids is 1. The molecule has 0 aliphatic rings. The minimum Gasteiger partial charge on any atom is -0.491 e. The number of nitrogens with zero attached hydrogens (tertiary/aromatic N) is 1. The quantitative estimate of drug-likeness (QED) is 0.809. The molecule has 0 aliphatic heterocycles. The number of hydrogen-bond donors (Lipinski definition) is 1. The molecule has 0 aliphatic carbocycles. The van der Waals surface area contributed by atoms with Gasteiger partial charge >= 0.3 is 11.9 Å². The van der Waals surface area contributed by atoms with Gasteiger partial charge in [0, 0.05) is 12.7 Å². The van der Waals surface area contributed by atoms with Crippen LogP contribution in [0.25, 0.3) is 0 Å². The number of carboxylic acid groups (broad SMARTS) is 1. The lowest BCUT2D eigenvalue weighted by Crippen LogP contribution is -2.32. The van der Waals surface area contributed by atoms with Crippen molar-refractivity contribution in [2.75, 3.05) is 11.9 Å². The molecule has 92 valence electrons. The van der Waals surface area contributed by atoms with Crippen LogP contribution in [-0.2, 0) is 9.59 Å². The fourth-order valence-electron chi connectivity index (χ4n) is 1.28. The highest BCUT2D eigenvalue weighted by Gasteiger charge is 2.18. The molecule has 0 atom stereocenters. The Hall–Kier alpha value is -2.04. The van der Waals surface area contributed by atoms with E-state index in [0.29, 0.717) is 11.4 Å². The highest BCUT2D eigenvalue weighted by molar-refractivity contribution is 6.37. The minimum absolute atomic E-state index is 0.0687. The Morgan fingerprint density at radius 1 is 1.24 bits per heavy atom. The lowest BCUT2D eigenvalue weighted by atomic mass is 10.2. The molecule has 0 heterocycles. The van der Waals surface area contributed by atoms with E-state index in [4.69, 9.17) is 9.84 Å². The lowest BCUT2D eigenvalue weighted by Gasteiger charge is -2.16. The summed E-state index contributed by atoms with van der Waals surface area (Å²) in [4.78, 5) is 22.8. The number of likely N-dealkylation sites (N-methyl/N-ethyl adjacent to an activating group) is 1. The maximum Gasteiger partial charge on any atom is 0.394 e. The zero-order chi connectivity index (χ0) is 13.0. The second-order valence-corrected chi connectivity index (χ2v) is 3.83. The van der Waals surface area contributed by atoms with Crippen LogP contribution in [0.2, 0.25) is 0 Å². The molecule has 0 spiro atoms. The van der Waals surface area contributed by atoms with Gasteiger partial charge in [-0.15, -0.1) is 0 Å². The van der Waals surface area contributed by atoms with Gasteiger partial charge in [0.05, 0.1) is 6.10 Å². The van der Waals surface area contributed by atoms with Crippen molar-refractivity contribution in [1.29, 1.82) is 0 Å². The number of carbonyl (C=O) groups is 2. The van der Waals surface area contributed by atoms with Crippen LogP contribution in [0.1, 0.15) is 13.8 Å². The molecular formula is C12H15NO4. The molecule has 1 aromatic carbocycles. The van der Waals surface area contributed by atoms with Gasteiger partial charge in [0.2, 0.25) is 0 Å². The monoisotopic (exact) mass is 237 g/mol. The summed E-state index contributed by atoms with van der Waals surface area (Å²) in [7, 11) is 1.41. The van der Waals surface area contributed by atoms with E-state index in [1.165, 1.54) is 7.05 Å². The molecule has 0 bridgehead atoms. The average Bonchev–Trinajstić information content (AvgIpc) is 2.27. The largest absolute Gasteiger partial charge is 0.491 e. The van der Waals surface area contributed by atoms with Crippen molar-refractivity contribution < 1.29 is 19.4 Å². The van der Waals surface area contributed by atoms with E-state index in [1.54, 1.807) is 24.3 Å². The molecule has 5 heteroatoms. The number of aliphatic carboxylic acids is 1. The van der Waals surface area contributed by atoms with Crippen LogP contribution in [0.4, 0.5) is 5.69 Å². The summed E-state index contributed by atoms with van der Waals surface area (Å²) in [5, 5.41) is 8.57. The fourth-order valence-corrected chi connectivity index (χ4v) is 1.28. The molecule has 17 heavy (non-hydrogen) atoms. The summed E-state index contributed by atoms with van der Waals surface area (Å²) in [6.45, 7) is 3.82. The lowest BCUT2D eigenvalue weighted by molar-refractivity contribution is -0.148. The van der Waals surface area contributed by atoms with E-state index >= 15 is 0 Å². The van der Waals surface area contributed by atoms with E-state index in [-0.39, 0.29) is 6.10 Å². The van der Waals surface area contributed by atoms with Gasteiger partial charge in [-0.05, 0) is 38.1 Å². The molecule has 0 aromatic heterocycles. The van der Waals surface area contributed by atoms with Gasteiger partial charge in [-0.2, -0.15) is 0 Å². The van der Waals surface area contributed by atoms with Gasteiger partial charge in [-0.1, -0.05) is 0 Å². The highest BCUT2D eigenvalue weighted by atomic mass is 16.5. The summed E-state index contributed by atoms with van der Waals surface area (Å²) < 4.78 is 5.44. The standard InChI is InChI=1S/C12H15NO4/c1-8(2)17-10-6-4-9(5-7-10)13(3)11(14)12(15)16/h4-8H,1-3H3,(H,15,16). The Kier molecular flexibility index (Phi) is 4.09. The minimum atomic E-state index is -1.48. The van der Waals surface area contributed by atoms with Crippen LogP contribution in [0.3, 0.4) is 0 Å². The molecule has 0 unspecified atom stereocenters. The van der Waals surface area contributed by atoms with Crippen molar-refractivity contribution in [2.24, 2.45) is 0 Å². The second kappa shape index (κ2) is 5.34.